The summed E-state index contributed by atoms with van der Waals surface area (Å²) in [7, 11) is 0. The van der Waals surface area contributed by atoms with E-state index in [1.54, 1.807) is 42.5 Å². The van der Waals surface area contributed by atoms with Gasteiger partial charge in [-0.1, -0.05) is 31.9 Å². The van der Waals surface area contributed by atoms with Crippen LogP contribution < -0.4 is 5.56 Å². The second-order valence-corrected chi connectivity index (χ2v) is 6.79. The number of hydrogen-bond acceptors (Lipinski definition) is 3. The van der Waals surface area contributed by atoms with Gasteiger partial charge in [0.25, 0.3) is 11.5 Å². The van der Waals surface area contributed by atoms with E-state index in [0.29, 0.717) is 16.5 Å². The Balaban J connectivity index is 2.26. The standard InChI is InChI=1S/C15H8Br2N2O2S/c16-9-3-1-8(2-4-9)13(20)19-14(21)11-7-10(17)5-6-12(11)18-15(19)22/h1-7H,(H,18,22). The highest BCUT2D eigenvalue weighted by molar-refractivity contribution is 9.10. The van der Waals surface area contributed by atoms with Crippen LogP contribution in [0.4, 0.5) is 0 Å². The van der Waals surface area contributed by atoms with Gasteiger partial charge >= 0.3 is 0 Å². The van der Waals surface area contributed by atoms with E-state index in [2.05, 4.69) is 36.8 Å². The SMILES string of the molecule is O=C(c1ccc(Br)cc1)n1c(=S)[nH]c2ccc(Br)cc2c1=O. The minimum Gasteiger partial charge on any atom is -0.331 e. The number of H-pyrrole nitrogens is 1. The van der Waals surface area contributed by atoms with E-state index in [4.69, 9.17) is 12.2 Å². The first-order valence-corrected chi connectivity index (χ1v) is 8.21. The van der Waals surface area contributed by atoms with Gasteiger partial charge in [0.1, 0.15) is 0 Å². The average molecular weight is 440 g/mol. The van der Waals surface area contributed by atoms with Crippen molar-refractivity contribution in [2.24, 2.45) is 0 Å². The van der Waals surface area contributed by atoms with Gasteiger partial charge in [0.05, 0.1) is 10.9 Å². The number of aromatic amines is 1. The second-order valence-electron chi connectivity index (χ2n) is 4.57. The van der Waals surface area contributed by atoms with Gasteiger partial charge in [-0.05, 0) is 54.7 Å². The van der Waals surface area contributed by atoms with Gasteiger partial charge in [-0.3, -0.25) is 9.59 Å². The first-order valence-electron chi connectivity index (χ1n) is 6.22. The van der Waals surface area contributed by atoms with Gasteiger partial charge in [0, 0.05) is 14.5 Å². The smallest absolute Gasteiger partial charge is 0.269 e. The normalized spacial score (nSPS) is 10.8. The van der Waals surface area contributed by atoms with Crippen molar-refractivity contribution >= 4 is 60.9 Å². The topological polar surface area (TPSA) is 54.9 Å². The van der Waals surface area contributed by atoms with Crippen molar-refractivity contribution in [3.05, 3.63) is 72.1 Å². The number of rotatable bonds is 1. The van der Waals surface area contributed by atoms with Crippen molar-refractivity contribution in [3.8, 4) is 0 Å². The summed E-state index contributed by atoms with van der Waals surface area (Å²) in [6, 6.07) is 12.0. The maximum atomic E-state index is 12.6. The van der Waals surface area contributed by atoms with Crippen molar-refractivity contribution in [2.75, 3.05) is 0 Å². The van der Waals surface area contributed by atoms with Gasteiger partial charge in [0.15, 0.2) is 4.77 Å². The molecule has 0 amide bonds. The molecular formula is C15H8Br2N2O2S. The van der Waals surface area contributed by atoms with Crippen LogP contribution in [0.5, 0.6) is 0 Å². The molecule has 22 heavy (non-hydrogen) atoms. The third-order valence-corrected chi connectivity index (χ3v) is 4.46. The Morgan fingerprint density at radius 2 is 1.68 bits per heavy atom. The molecule has 7 heteroatoms. The molecule has 1 heterocycles. The fourth-order valence-electron chi connectivity index (χ4n) is 2.09. The lowest BCUT2D eigenvalue weighted by atomic mass is 10.2. The number of nitrogens with one attached hydrogen (secondary N) is 1. The predicted octanol–water partition coefficient (Wildman–Crippen LogP) is 4.27. The lowest BCUT2D eigenvalue weighted by Gasteiger charge is -2.07. The van der Waals surface area contributed by atoms with E-state index in [1.165, 1.54) is 0 Å². The Kier molecular flexibility index (Phi) is 4.12. The minimum absolute atomic E-state index is 0.0766. The minimum atomic E-state index is -0.458. The number of fused-ring (bicyclic) bond motifs is 1. The summed E-state index contributed by atoms with van der Waals surface area (Å²) in [6.07, 6.45) is 0. The Hall–Kier alpha value is -1.57. The van der Waals surface area contributed by atoms with E-state index >= 15 is 0 Å². The van der Waals surface area contributed by atoms with E-state index in [-0.39, 0.29) is 4.77 Å². The lowest BCUT2D eigenvalue weighted by Crippen LogP contribution is -2.29. The second kappa shape index (κ2) is 5.91. The highest BCUT2D eigenvalue weighted by Gasteiger charge is 2.14. The van der Waals surface area contributed by atoms with Gasteiger partial charge in [0.2, 0.25) is 0 Å². The van der Waals surface area contributed by atoms with Crippen molar-refractivity contribution < 1.29 is 4.79 Å². The zero-order chi connectivity index (χ0) is 15.9. The van der Waals surface area contributed by atoms with Gasteiger partial charge < -0.3 is 4.98 Å². The van der Waals surface area contributed by atoms with Crippen LogP contribution in [0.3, 0.4) is 0 Å². The van der Waals surface area contributed by atoms with Crippen LogP contribution in [0, 0.1) is 4.77 Å². The zero-order valence-corrected chi connectivity index (χ0v) is 15.0. The Bertz CT molecular complexity index is 1010. The fourth-order valence-corrected chi connectivity index (χ4v) is 2.99. The molecule has 2 aromatic carbocycles. The van der Waals surface area contributed by atoms with Gasteiger partial charge in [-0.25, -0.2) is 4.57 Å². The summed E-state index contributed by atoms with van der Waals surface area (Å²) in [5.74, 6) is -0.458. The fraction of sp³-hybridized carbons (Fsp3) is 0. The number of hydrogen-bond donors (Lipinski definition) is 1. The average Bonchev–Trinajstić information content (AvgIpc) is 2.49. The monoisotopic (exact) mass is 438 g/mol. The Labute approximate surface area is 147 Å². The van der Waals surface area contributed by atoms with Crippen LogP contribution in [0.1, 0.15) is 10.4 Å². The third-order valence-electron chi connectivity index (χ3n) is 3.15. The lowest BCUT2D eigenvalue weighted by molar-refractivity contribution is 0.0953. The molecule has 3 rings (SSSR count). The van der Waals surface area contributed by atoms with E-state index < -0.39 is 11.5 Å². The molecule has 1 aromatic heterocycles. The Morgan fingerprint density at radius 3 is 2.36 bits per heavy atom. The number of carbonyl (C=O) groups excluding carboxylic acids is 1. The van der Waals surface area contributed by atoms with E-state index in [1.807, 2.05) is 0 Å². The zero-order valence-electron chi connectivity index (χ0n) is 11.0. The highest BCUT2D eigenvalue weighted by atomic mass is 79.9. The third kappa shape index (κ3) is 2.71. The maximum absolute atomic E-state index is 12.6. The number of nitrogens with zero attached hydrogens (tertiary/aromatic N) is 1. The first kappa shape index (κ1) is 15.3. The molecule has 0 spiro atoms. The van der Waals surface area contributed by atoms with Crippen molar-refractivity contribution in [1.29, 1.82) is 0 Å². The van der Waals surface area contributed by atoms with Crippen LogP contribution in [0.25, 0.3) is 10.9 Å². The molecule has 0 saturated carbocycles. The molecule has 3 aromatic rings. The summed E-state index contributed by atoms with van der Waals surface area (Å²) in [5.41, 5.74) is 0.546. The number of halogens is 2. The Morgan fingerprint density at radius 1 is 1.05 bits per heavy atom. The van der Waals surface area contributed by atoms with Gasteiger partial charge in [-0.15, -0.1) is 0 Å². The van der Waals surface area contributed by atoms with Crippen LogP contribution >= 0.6 is 44.1 Å². The molecule has 0 fully saturated rings. The molecular weight excluding hydrogens is 432 g/mol. The number of aromatic nitrogens is 2. The summed E-state index contributed by atoms with van der Waals surface area (Å²) in [6.45, 7) is 0. The van der Waals surface area contributed by atoms with Crippen molar-refractivity contribution in [3.63, 3.8) is 0 Å². The molecule has 0 saturated heterocycles. The largest absolute Gasteiger partial charge is 0.331 e. The predicted molar refractivity (Wildman–Crippen MR) is 95.0 cm³/mol. The van der Waals surface area contributed by atoms with Crippen LogP contribution in [-0.2, 0) is 0 Å². The van der Waals surface area contributed by atoms with Crippen LogP contribution in [-0.4, -0.2) is 15.5 Å². The molecule has 0 aliphatic carbocycles. The highest BCUT2D eigenvalue weighted by Crippen LogP contribution is 2.16. The molecule has 0 radical (unpaired) electrons. The molecule has 0 aliphatic rings. The van der Waals surface area contributed by atoms with Crippen LogP contribution in [0.2, 0.25) is 0 Å². The molecule has 4 nitrogen and oxygen atoms in total. The molecule has 110 valence electrons. The quantitative estimate of drug-likeness (QED) is 0.576. The summed E-state index contributed by atoms with van der Waals surface area (Å²) < 4.78 is 2.66. The van der Waals surface area contributed by atoms with Crippen molar-refractivity contribution in [1.82, 2.24) is 9.55 Å². The first-order chi connectivity index (χ1) is 10.5. The molecule has 1 N–H and O–H groups in total. The molecule has 0 atom stereocenters. The summed E-state index contributed by atoms with van der Waals surface area (Å²) in [5, 5.41) is 0.397. The van der Waals surface area contributed by atoms with Crippen molar-refractivity contribution in [2.45, 2.75) is 0 Å². The number of benzene rings is 2. The number of carbonyl (C=O) groups is 1. The molecule has 0 aliphatic heterocycles. The van der Waals surface area contributed by atoms with Crippen LogP contribution in [0.15, 0.2) is 56.2 Å². The van der Waals surface area contributed by atoms with E-state index in [0.717, 1.165) is 13.5 Å². The molecule has 0 unspecified atom stereocenters. The molecule has 0 bridgehead atoms. The van der Waals surface area contributed by atoms with E-state index in [9.17, 15) is 9.59 Å². The maximum Gasteiger partial charge on any atom is 0.269 e. The summed E-state index contributed by atoms with van der Waals surface area (Å²) >= 11 is 11.8. The van der Waals surface area contributed by atoms with Gasteiger partial charge in [-0.2, -0.15) is 0 Å². The summed E-state index contributed by atoms with van der Waals surface area (Å²) in [4.78, 5) is 28.1.